The van der Waals surface area contributed by atoms with Gasteiger partial charge in [-0.05, 0) is 37.8 Å². The van der Waals surface area contributed by atoms with Crippen LogP contribution in [0.1, 0.15) is 26.2 Å². The highest BCUT2D eigenvalue weighted by Crippen LogP contribution is 2.32. The lowest BCUT2D eigenvalue weighted by atomic mass is 10.1. The molecule has 0 aromatic carbocycles. The van der Waals surface area contributed by atoms with E-state index in [0.29, 0.717) is 19.4 Å². The second-order valence-electron chi connectivity index (χ2n) is 3.26. The van der Waals surface area contributed by atoms with Gasteiger partial charge in [0.05, 0.1) is 12.5 Å². The fourth-order valence-electron chi connectivity index (χ4n) is 1.66. The van der Waals surface area contributed by atoms with Crippen molar-refractivity contribution in [1.82, 2.24) is 0 Å². The molecule has 0 aromatic heterocycles. The first-order valence-electron chi connectivity index (χ1n) is 4.51. The van der Waals surface area contributed by atoms with Crippen LogP contribution in [0.15, 0.2) is 0 Å². The molecule has 0 bridgehead atoms. The molecule has 0 saturated heterocycles. The van der Waals surface area contributed by atoms with Crippen molar-refractivity contribution in [2.24, 2.45) is 11.8 Å². The summed E-state index contributed by atoms with van der Waals surface area (Å²) in [7, 11) is 0. The third kappa shape index (κ3) is 2.69. The Morgan fingerprint density at radius 1 is 1.38 bits per heavy atom. The zero-order valence-corrected chi connectivity index (χ0v) is 8.34. The van der Waals surface area contributed by atoms with Crippen LogP contribution in [0.25, 0.3) is 0 Å². The van der Waals surface area contributed by atoms with E-state index in [1.165, 1.54) is 0 Å². The number of hydrogen-bond acceptors (Lipinski definition) is 3. The Kier molecular flexibility index (Phi) is 3.72. The number of carbonyl (C=O) groups excluding carboxylic acids is 2. The van der Waals surface area contributed by atoms with Crippen molar-refractivity contribution in [2.45, 2.75) is 26.2 Å². The molecular formula is C9H13ClO3. The third-order valence-corrected chi connectivity index (χ3v) is 2.68. The van der Waals surface area contributed by atoms with Crippen LogP contribution in [0, 0.1) is 11.8 Å². The number of rotatable bonds is 3. The van der Waals surface area contributed by atoms with Crippen LogP contribution in [0.5, 0.6) is 0 Å². The molecule has 1 saturated carbocycles. The fourth-order valence-corrected chi connectivity index (χ4v) is 1.86. The summed E-state index contributed by atoms with van der Waals surface area (Å²) in [6.07, 6.45) is 1.99. The Morgan fingerprint density at radius 3 is 2.46 bits per heavy atom. The van der Waals surface area contributed by atoms with Crippen molar-refractivity contribution in [3.05, 3.63) is 0 Å². The number of hydrogen-bond donors (Lipinski definition) is 0. The number of carbonyl (C=O) groups is 2. The summed E-state index contributed by atoms with van der Waals surface area (Å²) in [5.74, 6) is -0.452. The van der Waals surface area contributed by atoms with Crippen molar-refractivity contribution in [1.29, 1.82) is 0 Å². The molecule has 74 valence electrons. The van der Waals surface area contributed by atoms with Gasteiger partial charge in [0.1, 0.15) is 0 Å². The first kappa shape index (κ1) is 10.5. The molecule has 1 rings (SSSR count). The zero-order valence-electron chi connectivity index (χ0n) is 7.59. The summed E-state index contributed by atoms with van der Waals surface area (Å²) < 4.78 is 4.86. The molecule has 0 N–H and O–H groups in total. The summed E-state index contributed by atoms with van der Waals surface area (Å²) in [6, 6.07) is 0. The topological polar surface area (TPSA) is 43.4 Å². The summed E-state index contributed by atoms with van der Waals surface area (Å²) in [5.41, 5.74) is 0. The summed E-state index contributed by atoms with van der Waals surface area (Å²) in [5, 5.41) is -0.327. The molecule has 3 nitrogen and oxygen atoms in total. The molecular weight excluding hydrogens is 192 g/mol. The van der Waals surface area contributed by atoms with Crippen LogP contribution in [0.2, 0.25) is 0 Å². The Morgan fingerprint density at radius 2 is 2.00 bits per heavy atom. The number of ether oxygens (including phenoxy) is 1. The molecule has 13 heavy (non-hydrogen) atoms. The molecule has 1 fully saturated rings. The van der Waals surface area contributed by atoms with Crippen LogP contribution in [0.3, 0.4) is 0 Å². The highest BCUT2D eigenvalue weighted by molar-refractivity contribution is 6.64. The van der Waals surface area contributed by atoms with Crippen molar-refractivity contribution < 1.29 is 14.3 Å². The van der Waals surface area contributed by atoms with Gasteiger partial charge in [-0.2, -0.15) is 0 Å². The highest BCUT2D eigenvalue weighted by Gasteiger charge is 2.33. The predicted octanol–water partition coefficient (Wildman–Crippen LogP) is 1.73. The van der Waals surface area contributed by atoms with E-state index in [-0.39, 0.29) is 23.0 Å². The van der Waals surface area contributed by atoms with E-state index in [0.717, 1.165) is 6.42 Å². The maximum Gasteiger partial charge on any atom is 0.308 e. The second-order valence-corrected chi connectivity index (χ2v) is 3.64. The number of halogens is 1. The standard InChI is InChI=1S/C9H13ClO3/c1-2-13-9(12)7-4-3-6(5-7)8(10)11/h6-7H,2-5H2,1H3. The molecule has 1 aliphatic rings. The van der Waals surface area contributed by atoms with E-state index in [1.54, 1.807) is 6.92 Å². The fraction of sp³-hybridized carbons (Fsp3) is 0.778. The molecule has 0 aliphatic heterocycles. The average Bonchev–Trinajstić information content (AvgIpc) is 2.52. The summed E-state index contributed by atoms with van der Waals surface area (Å²) in [4.78, 5) is 22.0. The van der Waals surface area contributed by atoms with Gasteiger partial charge >= 0.3 is 5.97 Å². The van der Waals surface area contributed by atoms with E-state index in [9.17, 15) is 9.59 Å². The molecule has 0 amide bonds. The van der Waals surface area contributed by atoms with E-state index >= 15 is 0 Å². The maximum absolute atomic E-state index is 11.2. The van der Waals surface area contributed by atoms with Crippen LogP contribution in [-0.2, 0) is 14.3 Å². The number of esters is 1. The van der Waals surface area contributed by atoms with Gasteiger partial charge in [0.25, 0.3) is 0 Å². The lowest BCUT2D eigenvalue weighted by Gasteiger charge is -2.07. The Hall–Kier alpha value is -0.570. The quantitative estimate of drug-likeness (QED) is 0.520. The molecule has 2 atom stereocenters. The Balaban J connectivity index is 2.40. The lowest BCUT2D eigenvalue weighted by Crippen LogP contribution is -2.15. The first-order chi connectivity index (χ1) is 6.15. The third-order valence-electron chi connectivity index (χ3n) is 2.37. The second kappa shape index (κ2) is 4.61. The Bertz CT molecular complexity index is 215. The summed E-state index contributed by atoms with van der Waals surface area (Å²) in [6.45, 7) is 2.17. The lowest BCUT2D eigenvalue weighted by molar-refractivity contribution is -0.147. The summed E-state index contributed by atoms with van der Waals surface area (Å²) >= 11 is 5.34. The van der Waals surface area contributed by atoms with Crippen LogP contribution in [-0.4, -0.2) is 17.8 Å². The van der Waals surface area contributed by atoms with Crippen LogP contribution in [0.4, 0.5) is 0 Å². The van der Waals surface area contributed by atoms with Gasteiger partial charge in [-0.3, -0.25) is 9.59 Å². The van der Waals surface area contributed by atoms with Gasteiger partial charge in [-0.15, -0.1) is 0 Å². The molecule has 0 heterocycles. The van der Waals surface area contributed by atoms with E-state index < -0.39 is 0 Å². The van der Waals surface area contributed by atoms with Gasteiger partial charge in [0.2, 0.25) is 5.24 Å². The zero-order chi connectivity index (χ0) is 9.84. The van der Waals surface area contributed by atoms with Crippen molar-refractivity contribution >= 4 is 22.8 Å². The van der Waals surface area contributed by atoms with Gasteiger partial charge < -0.3 is 4.74 Å². The molecule has 0 radical (unpaired) electrons. The van der Waals surface area contributed by atoms with Crippen molar-refractivity contribution in [3.8, 4) is 0 Å². The normalized spacial score (nSPS) is 27.2. The minimum Gasteiger partial charge on any atom is -0.466 e. The largest absolute Gasteiger partial charge is 0.466 e. The predicted molar refractivity (Wildman–Crippen MR) is 48.3 cm³/mol. The van der Waals surface area contributed by atoms with Gasteiger partial charge in [-0.1, -0.05) is 0 Å². The van der Waals surface area contributed by atoms with Gasteiger partial charge in [-0.25, -0.2) is 0 Å². The SMILES string of the molecule is CCOC(=O)C1CCC(C(=O)Cl)C1. The molecule has 2 unspecified atom stereocenters. The van der Waals surface area contributed by atoms with Crippen molar-refractivity contribution in [2.75, 3.05) is 6.61 Å². The molecule has 0 spiro atoms. The van der Waals surface area contributed by atoms with Crippen LogP contribution < -0.4 is 0 Å². The van der Waals surface area contributed by atoms with Gasteiger partial charge in [0, 0.05) is 5.92 Å². The monoisotopic (exact) mass is 204 g/mol. The van der Waals surface area contributed by atoms with E-state index in [4.69, 9.17) is 16.3 Å². The molecule has 1 aliphatic carbocycles. The molecule has 0 aromatic rings. The smallest absolute Gasteiger partial charge is 0.308 e. The maximum atomic E-state index is 11.2. The minimum absolute atomic E-state index is 0.118. The Labute approximate surface area is 82.4 Å². The van der Waals surface area contributed by atoms with E-state index in [2.05, 4.69) is 0 Å². The van der Waals surface area contributed by atoms with Gasteiger partial charge in [0.15, 0.2) is 0 Å². The molecule has 4 heteroatoms. The van der Waals surface area contributed by atoms with Crippen LogP contribution >= 0.6 is 11.6 Å². The first-order valence-corrected chi connectivity index (χ1v) is 4.89. The highest BCUT2D eigenvalue weighted by atomic mass is 35.5. The van der Waals surface area contributed by atoms with E-state index in [1.807, 2.05) is 0 Å². The average molecular weight is 205 g/mol. The van der Waals surface area contributed by atoms with Crippen molar-refractivity contribution in [3.63, 3.8) is 0 Å². The minimum atomic E-state index is -0.327.